The van der Waals surface area contributed by atoms with Crippen LogP contribution in [-0.2, 0) is 4.79 Å². The molecule has 0 unspecified atom stereocenters. The molecule has 7 heteroatoms. The number of aromatic nitrogens is 1. The molecular weight excluding hydrogens is 462 g/mol. The quantitative estimate of drug-likeness (QED) is 0.232. The van der Waals surface area contributed by atoms with Crippen LogP contribution in [0.4, 0.5) is 5.13 Å². The van der Waals surface area contributed by atoms with Gasteiger partial charge >= 0.3 is 0 Å². The Morgan fingerprint density at radius 2 is 1.97 bits per heavy atom. The molecule has 0 atom stereocenters. The summed E-state index contributed by atoms with van der Waals surface area (Å²) in [7, 11) is 0. The Kier molecular flexibility index (Phi) is 7.77. The Bertz CT molecular complexity index is 1070. The second kappa shape index (κ2) is 10.7. The van der Waals surface area contributed by atoms with Crippen molar-refractivity contribution < 1.29 is 9.53 Å². The zero-order chi connectivity index (χ0) is 21.3. The highest BCUT2D eigenvalue weighted by molar-refractivity contribution is 9.10. The van der Waals surface area contributed by atoms with Crippen molar-refractivity contribution in [2.45, 2.75) is 19.8 Å². The van der Waals surface area contributed by atoms with Crippen molar-refractivity contribution in [1.82, 2.24) is 4.98 Å². The molecule has 30 heavy (non-hydrogen) atoms. The highest BCUT2D eigenvalue weighted by Gasteiger charge is 2.12. The Labute approximate surface area is 188 Å². The van der Waals surface area contributed by atoms with Crippen LogP contribution >= 0.6 is 27.3 Å². The number of anilines is 1. The molecule has 0 saturated carbocycles. The van der Waals surface area contributed by atoms with Gasteiger partial charge in [0.25, 0.3) is 5.91 Å². The number of unbranched alkanes of at least 4 members (excludes halogenated alkanes) is 1. The van der Waals surface area contributed by atoms with Crippen LogP contribution in [0.1, 0.15) is 25.3 Å². The molecule has 1 aromatic heterocycles. The van der Waals surface area contributed by atoms with Gasteiger partial charge in [0.2, 0.25) is 0 Å². The summed E-state index contributed by atoms with van der Waals surface area (Å²) < 4.78 is 6.62. The number of carbonyl (C=O) groups is 1. The Balaban J connectivity index is 1.66. The third-order valence-electron chi connectivity index (χ3n) is 4.19. The average Bonchev–Trinajstić information content (AvgIpc) is 3.22. The lowest BCUT2D eigenvalue weighted by Crippen LogP contribution is -2.13. The fourth-order valence-corrected chi connectivity index (χ4v) is 3.54. The summed E-state index contributed by atoms with van der Waals surface area (Å²) in [5, 5.41) is 14.4. The van der Waals surface area contributed by atoms with E-state index in [1.165, 1.54) is 11.3 Å². The third-order valence-corrected chi connectivity index (χ3v) is 5.47. The number of hydrogen-bond acceptors (Lipinski definition) is 5. The van der Waals surface area contributed by atoms with E-state index >= 15 is 0 Å². The fraction of sp³-hybridized carbons (Fsp3) is 0.174. The van der Waals surface area contributed by atoms with Crippen molar-refractivity contribution in [3.63, 3.8) is 0 Å². The van der Waals surface area contributed by atoms with Gasteiger partial charge in [-0.3, -0.25) is 10.1 Å². The number of rotatable bonds is 8. The summed E-state index contributed by atoms with van der Waals surface area (Å²) in [4.78, 5) is 17.0. The molecule has 0 aliphatic rings. The number of thiazole rings is 1. The molecule has 0 saturated heterocycles. The lowest BCUT2D eigenvalue weighted by atomic mass is 10.1. The Morgan fingerprint density at radius 1 is 1.23 bits per heavy atom. The number of nitrogens with zero attached hydrogens (tertiary/aromatic N) is 2. The molecule has 0 aliphatic carbocycles. The van der Waals surface area contributed by atoms with Gasteiger partial charge in [0.1, 0.15) is 17.4 Å². The van der Waals surface area contributed by atoms with Crippen LogP contribution in [0.2, 0.25) is 0 Å². The molecule has 152 valence electrons. The second-order valence-electron chi connectivity index (χ2n) is 6.44. The van der Waals surface area contributed by atoms with Crippen molar-refractivity contribution in [3.05, 3.63) is 69.5 Å². The third kappa shape index (κ3) is 6.02. The molecule has 1 heterocycles. The van der Waals surface area contributed by atoms with Crippen molar-refractivity contribution in [2.75, 3.05) is 11.9 Å². The molecule has 3 rings (SSSR count). The zero-order valence-electron chi connectivity index (χ0n) is 16.4. The first kappa shape index (κ1) is 21.8. The molecule has 0 aliphatic heterocycles. The van der Waals surface area contributed by atoms with Gasteiger partial charge in [-0.2, -0.15) is 5.26 Å². The fourth-order valence-electron chi connectivity index (χ4n) is 2.56. The normalized spacial score (nSPS) is 11.0. The van der Waals surface area contributed by atoms with Gasteiger partial charge in [0.05, 0.1) is 12.3 Å². The number of halogens is 1. The van der Waals surface area contributed by atoms with E-state index in [1.807, 2.05) is 60.0 Å². The summed E-state index contributed by atoms with van der Waals surface area (Å²) >= 11 is 4.72. The maximum Gasteiger partial charge on any atom is 0.268 e. The highest BCUT2D eigenvalue weighted by Crippen LogP contribution is 2.26. The first-order valence-electron chi connectivity index (χ1n) is 9.46. The Morgan fingerprint density at radius 3 is 2.63 bits per heavy atom. The van der Waals surface area contributed by atoms with Gasteiger partial charge in [0.15, 0.2) is 5.13 Å². The maximum atomic E-state index is 12.5. The van der Waals surface area contributed by atoms with E-state index in [2.05, 4.69) is 33.2 Å². The predicted octanol–water partition coefficient (Wildman–Crippen LogP) is 6.30. The summed E-state index contributed by atoms with van der Waals surface area (Å²) in [6.07, 6.45) is 3.63. The van der Waals surface area contributed by atoms with Crippen LogP contribution in [0.3, 0.4) is 0 Å². The highest BCUT2D eigenvalue weighted by atomic mass is 79.9. The molecule has 2 aromatic carbocycles. The minimum atomic E-state index is -0.488. The standard InChI is InChI=1S/C23H20BrN3O2S/c1-2-3-12-29-20-10-4-16(5-11-20)13-18(14-25)22(28)27-23-26-21(15-30-23)17-6-8-19(24)9-7-17/h4-11,13,15H,2-3,12H2,1H3,(H,26,27,28)/b18-13+. The van der Waals surface area contributed by atoms with Crippen molar-refractivity contribution in [1.29, 1.82) is 5.26 Å². The summed E-state index contributed by atoms with van der Waals surface area (Å²) in [5.41, 5.74) is 2.48. The minimum absolute atomic E-state index is 0.00930. The number of amides is 1. The molecule has 0 bridgehead atoms. The van der Waals surface area contributed by atoms with Gasteiger partial charge in [-0.05, 0) is 42.3 Å². The van der Waals surface area contributed by atoms with E-state index in [0.717, 1.165) is 39.9 Å². The number of ether oxygens (including phenoxy) is 1. The predicted molar refractivity (Wildman–Crippen MR) is 124 cm³/mol. The van der Waals surface area contributed by atoms with Crippen LogP contribution in [0.5, 0.6) is 5.75 Å². The molecular formula is C23H20BrN3O2S. The van der Waals surface area contributed by atoms with Gasteiger partial charge in [-0.25, -0.2) is 4.98 Å². The van der Waals surface area contributed by atoms with Gasteiger partial charge in [-0.1, -0.05) is 53.5 Å². The van der Waals surface area contributed by atoms with Crippen LogP contribution in [0, 0.1) is 11.3 Å². The number of carbonyl (C=O) groups excluding carboxylic acids is 1. The van der Waals surface area contributed by atoms with Crippen molar-refractivity contribution in [2.24, 2.45) is 0 Å². The first-order valence-corrected chi connectivity index (χ1v) is 11.1. The smallest absolute Gasteiger partial charge is 0.268 e. The monoisotopic (exact) mass is 481 g/mol. The van der Waals surface area contributed by atoms with Crippen LogP contribution in [0.25, 0.3) is 17.3 Å². The second-order valence-corrected chi connectivity index (χ2v) is 8.21. The summed E-state index contributed by atoms with van der Waals surface area (Å²) in [6.45, 7) is 2.78. The van der Waals surface area contributed by atoms with Crippen molar-refractivity contribution >= 4 is 44.4 Å². The molecule has 3 aromatic rings. The maximum absolute atomic E-state index is 12.5. The average molecular weight is 482 g/mol. The molecule has 0 radical (unpaired) electrons. The lowest BCUT2D eigenvalue weighted by Gasteiger charge is -2.05. The van der Waals surface area contributed by atoms with Gasteiger partial charge in [0, 0.05) is 15.4 Å². The number of hydrogen-bond donors (Lipinski definition) is 1. The SMILES string of the molecule is CCCCOc1ccc(/C=C(\C#N)C(=O)Nc2nc(-c3ccc(Br)cc3)cs2)cc1. The van der Waals surface area contributed by atoms with Crippen LogP contribution < -0.4 is 10.1 Å². The van der Waals surface area contributed by atoms with E-state index in [4.69, 9.17) is 4.74 Å². The number of nitrogens with one attached hydrogen (secondary N) is 1. The van der Waals surface area contributed by atoms with E-state index < -0.39 is 5.91 Å². The lowest BCUT2D eigenvalue weighted by molar-refractivity contribution is -0.112. The summed E-state index contributed by atoms with van der Waals surface area (Å²) in [5.74, 6) is 0.282. The minimum Gasteiger partial charge on any atom is -0.494 e. The van der Waals surface area contributed by atoms with E-state index in [9.17, 15) is 10.1 Å². The zero-order valence-corrected chi connectivity index (χ0v) is 18.8. The van der Waals surface area contributed by atoms with Gasteiger partial charge in [-0.15, -0.1) is 11.3 Å². The molecule has 1 amide bonds. The van der Waals surface area contributed by atoms with Crippen LogP contribution in [0.15, 0.2) is 64.0 Å². The molecule has 0 spiro atoms. The first-order chi connectivity index (χ1) is 14.6. The molecule has 5 nitrogen and oxygen atoms in total. The van der Waals surface area contributed by atoms with Crippen molar-refractivity contribution in [3.8, 4) is 23.1 Å². The largest absolute Gasteiger partial charge is 0.494 e. The summed E-state index contributed by atoms with van der Waals surface area (Å²) in [6, 6.07) is 17.0. The van der Waals surface area contributed by atoms with Crippen LogP contribution in [-0.4, -0.2) is 17.5 Å². The molecule has 1 N–H and O–H groups in total. The van der Waals surface area contributed by atoms with Gasteiger partial charge < -0.3 is 4.74 Å². The van der Waals surface area contributed by atoms with E-state index in [0.29, 0.717) is 11.7 Å². The Hall–Kier alpha value is -2.95. The molecule has 0 fully saturated rings. The van der Waals surface area contributed by atoms with E-state index in [-0.39, 0.29) is 5.57 Å². The topological polar surface area (TPSA) is 75.0 Å². The number of nitriles is 1. The number of benzene rings is 2. The van der Waals surface area contributed by atoms with E-state index in [1.54, 1.807) is 6.08 Å².